The highest BCUT2D eigenvalue weighted by atomic mass is 35.5. The lowest BCUT2D eigenvalue weighted by Crippen LogP contribution is -2.36. The van der Waals surface area contributed by atoms with Crippen LogP contribution in [0.1, 0.15) is 5.56 Å². The van der Waals surface area contributed by atoms with Gasteiger partial charge in [0, 0.05) is 10.7 Å². The molecule has 0 spiro atoms. The predicted octanol–water partition coefficient (Wildman–Crippen LogP) is 4.17. The van der Waals surface area contributed by atoms with Crippen LogP contribution < -0.4 is 11.2 Å². The fourth-order valence-corrected chi connectivity index (χ4v) is 3.78. The largest absolute Gasteiger partial charge is 0.357 e. The summed E-state index contributed by atoms with van der Waals surface area (Å²) in [6.07, 6.45) is 0. The SMILES string of the molecule is N#Cc1ccc2cc3c(=O)n(-c4ccc(Cl)cc4)c(=O)nc-3n(-c3ccccc3)c2c1. The van der Waals surface area contributed by atoms with Gasteiger partial charge in [0.1, 0.15) is 0 Å². The molecule has 0 saturated carbocycles. The average molecular weight is 425 g/mol. The minimum Gasteiger partial charge on any atom is -0.294 e. The third kappa shape index (κ3) is 3.08. The van der Waals surface area contributed by atoms with Crippen molar-refractivity contribution in [3.05, 3.63) is 110 Å². The van der Waals surface area contributed by atoms with Crippen molar-refractivity contribution in [2.24, 2.45) is 0 Å². The lowest BCUT2D eigenvalue weighted by Gasteiger charge is -2.19. The number of benzene rings is 3. The molecular weight excluding hydrogens is 412 g/mol. The van der Waals surface area contributed by atoms with E-state index in [4.69, 9.17) is 11.6 Å². The van der Waals surface area contributed by atoms with Gasteiger partial charge < -0.3 is 0 Å². The molecule has 6 nitrogen and oxygen atoms in total. The standard InChI is InChI=1S/C24H13ClN4O2/c25-17-8-10-19(11-9-17)29-23(30)20-13-16-7-6-15(14-26)12-21(16)28(22(20)27-24(29)31)18-4-2-1-3-5-18/h1-13H. The van der Waals surface area contributed by atoms with Crippen molar-refractivity contribution in [2.45, 2.75) is 0 Å². The molecule has 3 aromatic carbocycles. The number of pyridine rings is 1. The number of nitriles is 1. The Labute approximate surface area is 181 Å². The van der Waals surface area contributed by atoms with Gasteiger partial charge in [-0.05, 0) is 60.0 Å². The molecule has 0 unspecified atom stereocenters. The number of nitrogens with zero attached hydrogens (tertiary/aromatic N) is 4. The van der Waals surface area contributed by atoms with Crippen LogP contribution >= 0.6 is 11.6 Å². The smallest absolute Gasteiger partial charge is 0.294 e. The number of hydrogen-bond acceptors (Lipinski definition) is 4. The van der Waals surface area contributed by atoms with E-state index >= 15 is 0 Å². The maximum atomic E-state index is 13.4. The molecular formula is C24H13ClN4O2. The molecule has 5 rings (SSSR count). The van der Waals surface area contributed by atoms with Gasteiger partial charge in [0.15, 0.2) is 5.82 Å². The van der Waals surface area contributed by atoms with Gasteiger partial charge in [-0.1, -0.05) is 35.9 Å². The second kappa shape index (κ2) is 7.24. The Morgan fingerprint density at radius 2 is 1.55 bits per heavy atom. The zero-order chi connectivity index (χ0) is 21.5. The Kier molecular flexibility index (Phi) is 4.39. The van der Waals surface area contributed by atoms with E-state index in [1.165, 1.54) is 0 Å². The molecule has 2 aliphatic heterocycles. The molecule has 0 aliphatic carbocycles. The number of halogens is 1. The summed E-state index contributed by atoms with van der Waals surface area (Å²) >= 11 is 5.95. The maximum absolute atomic E-state index is 13.4. The molecule has 0 amide bonds. The molecule has 0 fully saturated rings. The summed E-state index contributed by atoms with van der Waals surface area (Å²) in [6, 6.07) is 24.7. The molecule has 3 aromatic rings. The van der Waals surface area contributed by atoms with Crippen molar-refractivity contribution < 1.29 is 0 Å². The minimum atomic E-state index is -0.694. The fourth-order valence-electron chi connectivity index (χ4n) is 3.66. The van der Waals surface area contributed by atoms with Gasteiger partial charge in [0.2, 0.25) is 0 Å². The zero-order valence-electron chi connectivity index (χ0n) is 16.0. The second-order valence-electron chi connectivity index (χ2n) is 6.95. The maximum Gasteiger partial charge on any atom is 0.357 e. The van der Waals surface area contributed by atoms with E-state index in [1.807, 2.05) is 30.3 Å². The molecule has 0 aromatic heterocycles. The van der Waals surface area contributed by atoms with Gasteiger partial charge in [0.05, 0.1) is 28.4 Å². The molecule has 0 N–H and O–H groups in total. The van der Waals surface area contributed by atoms with Crippen molar-refractivity contribution >= 4 is 22.5 Å². The summed E-state index contributed by atoms with van der Waals surface area (Å²) in [7, 11) is 0. The first-order chi connectivity index (χ1) is 15.1. The first-order valence-corrected chi connectivity index (χ1v) is 9.79. The Balaban J connectivity index is 1.94. The highest BCUT2D eigenvalue weighted by molar-refractivity contribution is 6.30. The average Bonchev–Trinajstić information content (AvgIpc) is 2.79. The number of hydrogen-bond donors (Lipinski definition) is 0. The van der Waals surface area contributed by atoms with Crippen LogP contribution in [0.15, 0.2) is 88.5 Å². The number of fused-ring (bicyclic) bond motifs is 2. The Hall–Kier alpha value is -4.21. The molecule has 0 saturated heterocycles. The number of aromatic nitrogens is 3. The van der Waals surface area contributed by atoms with Gasteiger partial charge in [0.25, 0.3) is 5.56 Å². The van der Waals surface area contributed by atoms with Crippen LogP contribution in [0.4, 0.5) is 0 Å². The molecule has 7 heteroatoms. The van der Waals surface area contributed by atoms with Crippen molar-refractivity contribution in [3.63, 3.8) is 0 Å². The summed E-state index contributed by atoms with van der Waals surface area (Å²) in [5.74, 6) is 0.231. The van der Waals surface area contributed by atoms with Gasteiger partial charge in [-0.3, -0.25) is 9.36 Å². The summed E-state index contributed by atoms with van der Waals surface area (Å²) < 4.78 is 2.77. The van der Waals surface area contributed by atoms with Gasteiger partial charge in [-0.2, -0.15) is 10.2 Å². The quantitative estimate of drug-likeness (QED) is 0.398. The minimum absolute atomic E-state index is 0.231. The van der Waals surface area contributed by atoms with E-state index in [2.05, 4.69) is 11.1 Å². The van der Waals surface area contributed by atoms with Crippen molar-refractivity contribution in [2.75, 3.05) is 0 Å². The van der Waals surface area contributed by atoms with Crippen LogP contribution in [0.5, 0.6) is 0 Å². The summed E-state index contributed by atoms with van der Waals surface area (Å²) in [6.45, 7) is 0. The molecule has 31 heavy (non-hydrogen) atoms. The van der Waals surface area contributed by atoms with Crippen LogP contribution in [0.25, 0.3) is 33.7 Å². The number of para-hydroxylation sites is 1. The molecule has 2 heterocycles. The molecule has 0 bridgehead atoms. The van der Waals surface area contributed by atoms with Crippen LogP contribution in [-0.4, -0.2) is 14.1 Å². The monoisotopic (exact) mass is 424 g/mol. The third-order valence-electron chi connectivity index (χ3n) is 5.08. The molecule has 148 valence electrons. The van der Waals surface area contributed by atoms with E-state index in [1.54, 1.807) is 53.1 Å². The van der Waals surface area contributed by atoms with E-state index in [0.29, 0.717) is 21.8 Å². The van der Waals surface area contributed by atoms with E-state index < -0.39 is 11.2 Å². The van der Waals surface area contributed by atoms with Crippen molar-refractivity contribution in [1.82, 2.24) is 14.1 Å². The Bertz CT molecular complexity index is 1580. The van der Waals surface area contributed by atoms with E-state index in [-0.39, 0.29) is 11.4 Å². The van der Waals surface area contributed by atoms with Crippen LogP contribution in [0, 0.1) is 11.3 Å². The van der Waals surface area contributed by atoms with Crippen molar-refractivity contribution in [3.8, 4) is 28.8 Å². The molecule has 0 atom stereocenters. The first-order valence-electron chi connectivity index (χ1n) is 9.41. The zero-order valence-corrected chi connectivity index (χ0v) is 16.7. The number of rotatable bonds is 2. The fraction of sp³-hybridized carbons (Fsp3) is 0. The lowest BCUT2D eigenvalue weighted by molar-refractivity contribution is 0.854. The van der Waals surface area contributed by atoms with Crippen LogP contribution in [-0.2, 0) is 0 Å². The molecule has 2 aliphatic rings. The van der Waals surface area contributed by atoms with Crippen molar-refractivity contribution in [1.29, 1.82) is 5.26 Å². The van der Waals surface area contributed by atoms with Crippen LogP contribution in [0.2, 0.25) is 5.02 Å². The predicted molar refractivity (Wildman–Crippen MR) is 119 cm³/mol. The van der Waals surface area contributed by atoms with E-state index in [9.17, 15) is 14.9 Å². The lowest BCUT2D eigenvalue weighted by atomic mass is 10.1. The normalized spacial score (nSPS) is 11.0. The summed E-state index contributed by atoms with van der Waals surface area (Å²) in [5, 5.41) is 10.6. The van der Waals surface area contributed by atoms with Crippen LogP contribution in [0.3, 0.4) is 0 Å². The van der Waals surface area contributed by atoms with E-state index in [0.717, 1.165) is 15.6 Å². The third-order valence-corrected chi connectivity index (χ3v) is 5.33. The molecule has 0 radical (unpaired) electrons. The highest BCUT2D eigenvalue weighted by Crippen LogP contribution is 2.28. The van der Waals surface area contributed by atoms with Gasteiger partial charge in [-0.25, -0.2) is 9.36 Å². The Morgan fingerprint density at radius 3 is 2.26 bits per heavy atom. The first kappa shape index (κ1) is 18.8. The second-order valence-corrected chi connectivity index (χ2v) is 7.39. The summed E-state index contributed by atoms with van der Waals surface area (Å²) in [5.41, 5.74) is 1.37. The van der Waals surface area contributed by atoms with Gasteiger partial charge >= 0.3 is 5.69 Å². The Morgan fingerprint density at radius 1 is 0.839 bits per heavy atom. The van der Waals surface area contributed by atoms with Gasteiger partial charge in [-0.15, -0.1) is 0 Å². The highest BCUT2D eigenvalue weighted by Gasteiger charge is 2.21. The summed E-state index contributed by atoms with van der Waals surface area (Å²) in [4.78, 5) is 30.6. The topological polar surface area (TPSA) is 80.7 Å².